The Morgan fingerprint density at radius 3 is 2.81 bits per heavy atom. The molecular weight excluding hydrogens is 340 g/mol. The van der Waals surface area contributed by atoms with Crippen molar-refractivity contribution in [2.45, 2.75) is 20.0 Å². The molecule has 0 atom stereocenters. The molecule has 0 saturated heterocycles. The lowest BCUT2D eigenvalue weighted by Gasteiger charge is -2.11. The quantitative estimate of drug-likeness (QED) is 0.373. The molecule has 26 heavy (non-hydrogen) atoms. The summed E-state index contributed by atoms with van der Waals surface area (Å²) in [6, 6.07) is 8.75. The number of aromatic nitrogens is 3. The van der Waals surface area contributed by atoms with E-state index in [4.69, 9.17) is 9.47 Å². The molecule has 0 aliphatic heterocycles. The molecule has 1 aromatic carbocycles. The highest BCUT2D eigenvalue weighted by Gasteiger charge is 2.16. The van der Waals surface area contributed by atoms with Gasteiger partial charge in [-0.05, 0) is 34.1 Å². The van der Waals surface area contributed by atoms with Gasteiger partial charge in [-0.1, -0.05) is 16.6 Å². The Hall–Kier alpha value is -3.20. The first-order valence-electron chi connectivity index (χ1n) is 8.04. The van der Waals surface area contributed by atoms with Crippen LogP contribution in [0.15, 0.2) is 36.5 Å². The van der Waals surface area contributed by atoms with E-state index >= 15 is 0 Å². The smallest absolute Gasteiger partial charge is 0.368 e. The summed E-state index contributed by atoms with van der Waals surface area (Å²) >= 11 is 0. The maximum atomic E-state index is 10.9. The maximum absolute atomic E-state index is 10.9. The van der Waals surface area contributed by atoms with Crippen LogP contribution in [-0.2, 0) is 6.61 Å². The zero-order valence-corrected chi connectivity index (χ0v) is 14.2. The van der Waals surface area contributed by atoms with Crippen LogP contribution in [0.1, 0.15) is 17.5 Å². The topological polar surface area (TPSA) is 112 Å². The highest BCUT2D eigenvalue weighted by molar-refractivity contribution is 5.43. The van der Waals surface area contributed by atoms with E-state index in [0.29, 0.717) is 25.3 Å². The monoisotopic (exact) mass is 358 g/mol. The zero-order chi connectivity index (χ0) is 18.5. The largest absolute Gasteiger partial charge is 0.493 e. The Balaban J connectivity index is 1.53. The van der Waals surface area contributed by atoms with E-state index in [1.165, 1.54) is 0 Å². The second kappa shape index (κ2) is 7.79. The van der Waals surface area contributed by atoms with Gasteiger partial charge in [0.25, 0.3) is 5.88 Å². The minimum Gasteiger partial charge on any atom is -0.493 e. The number of aliphatic hydroxyl groups excluding tert-OH is 1. The van der Waals surface area contributed by atoms with Crippen LogP contribution >= 0.6 is 0 Å². The van der Waals surface area contributed by atoms with Gasteiger partial charge in [0.05, 0.1) is 19.8 Å². The second-order valence-electron chi connectivity index (χ2n) is 5.56. The third kappa shape index (κ3) is 3.72. The molecule has 9 nitrogen and oxygen atoms in total. The Labute approximate surface area is 149 Å². The number of fused-ring (bicyclic) bond motifs is 1. The predicted octanol–water partition coefficient (Wildman–Crippen LogP) is 2.29. The Morgan fingerprint density at radius 2 is 2.04 bits per heavy atom. The molecule has 3 rings (SSSR count). The number of hydrogen-bond donors (Lipinski definition) is 1. The van der Waals surface area contributed by atoms with Crippen molar-refractivity contribution in [2.75, 3.05) is 13.2 Å². The van der Waals surface area contributed by atoms with Crippen molar-refractivity contribution >= 4 is 11.5 Å². The summed E-state index contributed by atoms with van der Waals surface area (Å²) in [5.74, 6) is 0.787. The number of benzene rings is 1. The first kappa shape index (κ1) is 17.6. The van der Waals surface area contributed by atoms with Crippen molar-refractivity contribution < 1.29 is 19.5 Å². The van der Waals surface area contributed by atoms with E-state index in [2.05, 4.69) is 10.1 Å². The lowest BCUT2D eigenvalue weighted by Crippen LogP contribution is -2.08. The third-order valence-electron chi connectivity index (χ3n) is 3.87. The predicted molar refractivity (Wildman–Crippen MR) is 92.4 cm³/mol. The average Bonchev–Trinajstić information content (AvgIpc) is 3.06. The maximum Gasteiger partial charge on any atom is 0.368 e. The summed E-state index contributed by atoms with van der Waals surface area (Å²) in [7, 11) is 0. The SMILES string of the molecule is Cc1c(CO)cccc1OCCCOc1ccc2ncc([N+](=O)[O-])n2n1. The summed E-state index contributed by atoms with van der Waals surface area (Å²) in [6.07, 6.45) is 1.76. The minimum atomic E-state index is -0.548. The van der Waals surface area contributed by atoms with Crippen LogP contribution in [-0.4, -0.2) is 37.8 Å². The van der Waals surface area contributed by atoms with Crippen LogP contribution in [0.5, 0.6) is 11.6 Å². The van der Waals surface area contributed by atoms with Crippen molar-refractivity contribution in [3.8, 4) is 11.6 Å². The molecule has 0 amide bonds. The lowest BCUT2D eigenvalue weighted by atomic mass is 10.1. The molecule has 0 fully saturated rings. The molecule has 0 unspecified atom stereocenters. The van der Waals surface area contributed by atoms with Gasteiger partial charge in [0.1, 0.15) is 11.9 Å². The highest BCUT2D eigenvalue weighted by Crippen LogP contribution is 2.21. The molecule has 0 spiro atoms. The van der Waals surface area contributed by atoms with E-state index < -0.39 is 4.92 Å². The molecule has 9 heteroatoms. The summed E-state index contributed by atoms with van der Waals surface area (Å²) in [6.45, 7) is 2.65. The first-order chi connectivity index (χ1) is 12.6. The van der Waals surface area contributed by atoms with Gasteiger partial charge in [0.15, 0.2) is 0 Å². The molecule has 0 aliphatic carbocycles. The average molecular weight is 358 g/mol. The number of nitrogens with zero attached hydrogens (tertiary/aromatic N) is 4. The fourth-order valence-corrected chi connectivity index (χ4v) is 2.45. The molecule has 3 aromatic rings. The van der Waals surface area contributed by atoms with Gasteiger partial charge in [-0.25, -0.2) is 4.98 Å². The van der Waals surface area contributed by atoms with E-state index in [-0.39, 0.29) is 18.3 Å². The summed E-state index contributed by atoms with van der Waals surface area (Å²) in [5.41, 5.74) is 2.13. The van der Waals surface area contributed by atoms with Gasteiger partial charge >= 0.3 is 5.82 Å². The Bertz CT molecular complexity index is 925. The van der Waals surface area contributed by atoms with Gasteiger partial charge in [-0.3, -0.25) is 0 Å². The molecule has 0 radical (unpaired) electrons. The van der Waals surface area contributed by atoms with Gasteiger partial charge in [0, 0.05) is 18.6 Å². The van der Waals surface area contributed by atoms with E-state index in [0.717, 1.165) is 27.6 Å². The molecular formula is C17H18N4O5. The number of aliphatic hydroxyl groups is 1. The first-order valence-corrected chi connectivity index (χ1v) is 8.04. The van der Waals surface area contributed by atoms with E-state index in [1.807, 2.05) is 25.1 Å². The van der Waals surface area contributed by atoms with Crippen LogP contribution in [0.2, 0.25) is 0 Å². The standard InChI is InChI=1S/C17H18N4O5/c1-12-13(11-22)4-2-5-14(12)25-8-3-9-26-16-7-6-15-18-10-17(21(23)24)20(15)19-16/h2,4-7,10,22H,3,8-9,11H2,1H3. The number of hydrogen-bond acceptors (Lipinski definition) is 7. The number of imidazole rings is 1. The normalized spacial score (nSPS) is 10.8. The molecule has 1 N–H and O–H groups in total. The van der Waals surface area contributed by atoms with Crippen molar-refractivity contribution in [3.63, 3.8) is 0 Å². The molecule has 0 bridgehead atoms. The van der Waals surface area contributed by atoms with Crippen LogP contribution in [0.4, 0.5) is 5.82 Å². The summed E-state index contributed by atoms with van der Waals surface area (Å²) < 4.78 is 12.4. The van der Waals surface area contributed by atoms with E-state index in [1.54, 1.807) is 12.1 Å². The van der Waals surface area contributed by atoms with Crippen LogP contribution < -0.4 is 9.47 Å². The van der Waals surface area contributed by atoms with Crippen molar-refractivity contribution in [1.29, 1.82) is 0 Å². The van der Waals surface area contributed by atoms with Crippen LogP contribution in [0, 0.1) is 17.0 Å². The lowest BCUT2D eigenvalue weighted by molar-refractivity contribution is -0.391. The molecule has 2 aromatic heterocycles. The molecule has 136 valence electrons. The number of nitro groups is 1. The fourth-order valence-electron chi connectivity index (χ4n) is 2.45. The Morgan fingerprint density at radius 1 is 1.23 bits per heavy atom. The molecule has 0 aliphatic rings. The third-order valence-corrected chi connectivity index (χ3v) is 3.87. The van der Waals surface area contributed by atoms with Gasteiger partial charge in [-0.2, -0.15) is 0 Å². The van der Waals surface area contributed by atoms with E-state index in [9.17, 15) is 15.2 Å². The van der Waals surface area contributed by atoms with Crippen molar-refractivity contribution in [3.05, 3.63) is 57.8 Å². The second-order valence-corrected chi connectivity index (χ2v) is 5.56. The van der Waals surface area contributed by atoms with Crippen molar-refractivity contribution in [2.24, 2.45) is 0 Å². The summed E-state index contributed by atoms with van der Waals surface area (Å²) in [5, 5.41) is 24.3. The number of ether oxygens (including phenoxy) is 2. The number of rotatable bonds is 8. The fraction of sp³-hybridized carbons (Fsp3) is 0.294. The molecule has 2 heterocycles. The van der Waals surface area contributed by atoms with Gasteiger partial charge in [0.2, 0.25) is 5.65 Å². The summed E-state index contributed by atoms with van der Waals surface area (Å²) in [4.78, 5) is 14.3. The zero-order valence-electron chi connectivity index (χ0n) is 14.2. The molecule has 0 saturated carbocycles. The van der Waals surface area contributed by atoms with Crippen LogP contribution in [0.3, 0.4) is 0 Å². The van der Waals surface area contributed by atoms with Gasteiger partial charge in [-0.15, -0.1) is 0 Å². The van der Waals surface area contributed by atoms with Crippen LogP contribution in [0.25, 0.3) is 5.65 Å². The minimum absolute atomic E-state index is 0.0271. The highest BCUT2D eigenvalue weighted by atomic mass is 16.6. The Kier molecular flexibility index (Phi) is 5.28. The van der Waals surface area contributed by atoms with Crippen molar-refractivity contribution in [1.82, 2.24) is 14.6 Å². The van der Waals surface area contributed by atoms with Gasteiger partial charge < -0.3 is 24.7 Å².